The van der Waals surface area contributed by atoms with Gasteiger partial charge in [0, 0.05) is 12.1 Å². The lowest BCUT2D eigenvalue weighted by atomic mass is 10.1. The van der Waals surface area contributed by atoms with E-state index in [1.807, 2.05) is 0 Å². The summed E-state index contributed by atoms with van der Waals surface area (Å²) in [7, 11) is 0. The summed E-state index contributed by atoms with van der Waals surface area (Å²) in [6, 6.07) is 0. The second-order valence-electron chi connectivity index (χ2n) is 4.81. The molecule has 0 aliphatic heterocycles. The number of nitrogens with one attached hydrogen (secondary N) is 1. The quantitative estimate of drug-likeness (QED) is 0.662. The second kappa shape index (κ2) is 6.62. The molecule has 0 aromatic carbocycles. The molecule has 1 heterocycles. The molecule has 0 atom stereocenters. The first-order chi connectivity index (χ1) is 9.00. The van der Waals surface area contributed by atoms with E-state index in [9.17, 15) is 9.59 Å². The maximum atomic E-state index is 11.7. The van der Waals surface area contributed by atoms with Gasteiger partial charge < -0.3 is 16.2 Å². The average Bonchev–Trinajstić information content (AvgIpc) is 3.13. The Morgan fingerprint density at radius 1 is 1.30 bits per heavy atom. The van der Waals surface area contributed by atoms with Crippen LogP contribution in [-0.2, 0) is 0 Å². The van der Waals surface area contributed by atoms with Crippen LogP contribution < -0.4 is 11.1 Å². The minimum atomic E-state index is -1.17. The molecule has 1 saturated carbocycles. The predicted molar refractivity (Wildman–Crippen MR) is 74.0 cm³/mol. The number of nitrogens with zero attached hydrogens (tertiary/aromatic N) is 2. The van der Waals surface area contributed by atoms with Gasteiger partial charge in [0.1, 0.15) is 5.69 Å². The molecule has 0 bridgehead atoms. The molecule has 7 nitrogen and oxygen atoms in total. The Bertz CT molecular complexity index is 488. The molecule has 110 valence electrons. The molecule has 8 heteroatoms. The maximum Gasteiger partial charge on any atom is 0.356 e. The minimum Gasteiger partial charge on any atom is -0.476 e. The van der Waals surface area contributed by atoms with Crippen LogP contribution in [0.3, 0.4) is 0 Å². The first kappa shape index (κ1) is 16.3. The zero-order valence-corrected chi connectivity index (χ0v) is 11.7. The van der Waals surface area contributed by atoms with E-state index in [2.05, 4.69) is 15.3 Å². The smallest absolute Gasteiger partial charge is 0.356 e. The molecular weight excluding hydrogens is 284 g/mol. The molecule has 1 aliphatic rings. The number of carboxylic acid groups (broad SMARTS) is 1. The predicted octanol–water partition coefficient (Wildman–Crippen LogP) is 0.598. The number of carbonyl (C=O) groups is 2. The first-order valence-corrected chi connectivity index (χ1v) is 6.13. The molecule has 1 aromatic heterocycles. The lowest BCUT2D eigenvalue weighted by Crippen LogP contribution is -2.28. The fraction of sp³-hybridized carbons (Fsp3) is 0.500. The van der Waals surface area contributed by atoms with Crippen LogP contribution in [0.5, 0.6) is 0 Å². The normalized spacial score (nSPS) is 15.1. The Morgan fingerprint density at radius 2 is 1.90 bits per heavy atom. The number of aromatic nitrogens is 2. The number of halogens is 1. The molecule has 1 aromatic rings. The highest BCUT2D eigenvalue weighted by Gasteiger charge is 2.36. The van der Waals surface area contributed by atoms with E-state index >= 15 is 0 Å². The van der Waals surface area contributed by atoms with Gasteiger partial charge >= 0.3 is 5.97 Å². The van der Waals surface area contributed by atoms with Crippen molar-refractivity contribution in [2.75, 3.05) is 6.54 Å². The minimum absolute atomic E-state index is 0. The standard InChI is InChI=1S/C12H16N4O3.ClH/c13-12(3-4-12)2-1-5-14-10(17)8-6-16-9(7-15-8)11(18)19;/h6-7H,1-5,13H2,(H,14,17)(H,18,19);1H. The fourth-order valence-corrected chi connectivity index (χ4v) is 1.70. The summed E-state index contributed by atoms with van der Waals surface area (Å²) in [4.78, 5) is 29.6. The summed E-state index contributed by atoms with van der Waals surface area (Å²) < 4.78 is 0. The monoisotopic (exact) mass is 300 g/mol. The van der Waals surface area contributed by atoms with Gasteiger partial charge in [-0.15, -0.1) is 12.4 Å². The van der Waals surface area contributed by atoms with Crippen LogP contribution >= 0.6 is 12.4 Å². The molecule has 0 saturated heterocycles. The van der Waals surface area contributed by atoms with E-state index in [0.717, 1.165) is 38.1 Å². The van der Waals surface area contributed by atoms with Crippen molar-refractivity contribution in [2.24, 2.45) is 5.73 Å². The Kier molecular flexibility index (Phi) is 5.41. The van der Waals surface area contributed by atoms with Gasteiger partial charge in [0.2, 0.25) is 0 Å². The van der Waals surface area contributed by atoms with Crippen molar-refractivity contribution in [2.45, 2.75) is 31.2 Å². The summed E-state index contributed by atoms with van der Waals surface area (Å²) >= 11 is 0. The van der Waals surface area contributed by atoms with Crippen LogP contribution in [0.4, 0.5) is 0 Å². The molecule has 1 fully saturated rings. The number of nitrogens with two attached hydrogens (primary N) is 1. The Hall–Kier alpha value is -1.73. The van der Waals surface area contributed by atoms with Gasteiger partial charge in [-0.25, -0.2) is 14.8 Å². The van der Waals surface area contributed by atoms with Crippen molar-refractivity contribution in [3.8, 4) is 0 Å². The zero-order chi connectivity index (χ0) is 13.9. The average molecular weight is 301 g/mol. The Balaban J connectivity index is 0.00000200. The summed E-state index contributed by atoms with van der Waals surface area (Å²) in [6.45, 7) is 0.528. The van der Waals surface area contributed by atoms with Crippen molar-refractivity contribution >= 4 is 24.3 Å². The Labute approximate surface area is 122 Å². The van der Waals surface area contributed by atoms with Gasteiger partial charge in [-0.2, -0.15) is 0 Å². The summed E-state index contributed by atoms with van der Waals surface area (Å²) in [6.07, 6.45) is 6.06. The fourth-order valence-electron chi connectivity index (χ4n) is 1.70. The Morgan fingerprint density at radius 3 is 2.40 bits per heavy atom. The molecule has 1 aliphatic carbocycles. The van der Waals surface area contributed by atoms with Gasteiger partial charge in [-0.1, -0.05) is 0 Å². The maximum absolute atomic E-state index is 11.7. The van der Waals surface area contributed by atoms with Crippen molar-refractivity contribution in [1.82, 2.24) is 15.3 Å². The van der Waals surface area contributed by atoms with Crippen molar-refractivity contribution in [1.29, 1.82) is 0 Å². The van der Waals surface area contributed by atoms with Crippen molar-refractivity contribution in [3.05, 3.63) is 23.8 Å². The number of hydrogen-bond acceptors (Lipinski definition) is 5. The molecule has 2 rings (SSSR count). The molecule has 4 N–H and O–H groups in total. The highest BCUT2D eigenvalue weighted by atomic mass is 35.5. The number of hydrogen-bond donors (Lipinski definition) is 3. The largest absolute Gasteiger partial charge is 0.476 e. The van der Waals surface area contributed by atoms with Crippen LogP contribution in [0.25, 0.3) is 0 Å². The van der Waals surface area contributed by atoms with E-state index in [0.29, 0.717) is 6.54 Å². The number of carboxylic acids is 1. The van der Waals surface area contributed by atoms with Gasteiger partial charge in [0.15, 0.2) is 5.69 Å². The van der Waals surface area contributed by atoms with E-state index < -0.39 is 5.97 Å². The topological polar surface area (TPSA) is 118 Å². The van der Waals surface area contributed by atoms with Crippen molar-refractivity contribution < 1.29 is 14.7 Å². The van der Waals surface area contributed by atoms with Crippen LogP contribution in [0.15, 0.2) is 12.4 Å². The van der Waals surface area contributed by atoms with E-state index in [4.69, 9.17) is 10.8 Å². The van der Waals surface area contributed by atoms with Crippen LogP contribution in [0.2, 0.25) is 0 Å². The highest BCUT2D eigenvalue weighted by molar-refractivity contribution is 5.92. The summed E-state index contributed by atoms with van der Waals surface area (Å²) in [5.41, 5.74) is 5.85. The van der Waals surface area contributed by atoms with Crippen LogP contribution in [0, 0.1) is 0 Å². The van der Waals surface area contributed by atoms with E-state index in [1.165, 1.54) is 0 Å². The van der Waals surface area contributed by atoms with Gasteiger partial charge in [-0.05, 0) is 25.7 Å². The molecule has 20 heavy (non-hydrogen) atoms. The first-order valence-electron chi connectivity index (χ1n) is 6.13. The number of carbonyl (C=O) groups excluding carboxylic acids is 1. The van der Waals surface area contributed by atoms with E-state index in [1.54, 1.807) is 0 Å². The van der Waals surface area contributed by atoms with Gasteiger partial charge in [0.25, 0.3) is 5.91 Å². The zero-order valence-electron chi connectivity index (χ0n) is 10.8. The molecule has 0 radical (unpaired) electrons. The van der Waals surface area contributed by atoms with Gasteiger partial charge in [0.05, 0.1) is 12.4 Å². The van der Waals surface area contributed by atoms with Gasteiger partial charge in [-0.3, -0.25) is 4.79 Å². The summed E-state index contributed by atoms with van der Waals surface area (Å²) in [5, 5.41) is 11.4. The molecule has 0 unspecified atom stereocenters. The summed E-state index contributed by atoms with van der Waals surface area (Å²) in [5.74, 6) is -1.52. The van der Waals surface area contributed by atoms with E-state index in [-0.39, 0.29) is 35.2 Å². The lowest BCUT2D eigenvalue weighted by molar-refractivity contribution is 0.0689. The second-order valence-corrected chi connectivity index (χ2v) is 4.81. The number of aromatic carboxylic acids is 1. The molecule has 1 amide bonds. The molecular formula is C12H17ClN4O3. The third-order valence-corrected chi connectivity index (χ3v) is 3.13. The van der Waals surface area contributed by atoms with Crippen LogP contribution in [0.1, 0.15) is 46.7 Å². The van der Waals surface area contributed by atoms with Crippen LogP contribution in [-0.4, -0.2) is 39.0 Å². The number of rotatable bonds is 6. The van der Waals surface area contributed by atoms with Crippen molar-refractivity contribution in [3.63, 3.8) is 0 Å². The lowest BCUT2D eigenvalue weighted by Gasteiger charge is -2.08. The number of amides is 1. The highest BCUT2D eigenvalue weighted by Crippen LogP contribution is 2.36. The molecule has 0 spiro atoms. The third-order valence-electron chi connectivity index (χ3n) is 3.13. The third kappa shape index (κ3) is 4.43. The SMILES string of the molecule is Cl.NC1(CCCNC(=O)c2cnc(C(=O)O)cn2)CC1.